The van der Waals surface area contributed by atoms with E-state index in [9.17, 15) is 0 Å². The van der Waals surface area contributed by atoms with E-state index in [0.717, 1.165) is 23.0 Å². The predicted octanol–water partition coefficient (Wildman–Crippen LogP) is 2.38. The van der Waals surface area contributed by atoms with Gasteiger partial charge >= 0.3 is 0 Å². The topological polar surface area (TPSA) is 39.9 Å². The monoisotopic (exact) mass is 251 g/mol. The zero-order valence-electron chi connectivity index (χ0n) is 9.85. The molecule has 0 amide bonds. The van der Waals surface area contributed by atoms with Crippen molar-refractivity contribution in [3.05, 3.63) is 41.7 Å². The summed E-state index contributed by atoms with van der Waals surface area (Å²) in [5.74, 6) is 2.06. The number of aryl methyl sites for hydroxylation is 1. The van der Waals surface area contributed by atoms with Crippen LogP contribution in [0.1, 0.15) is 17.2 Å². The van der Waals surface area contributed by atoms with E-state index in [1.54, 1.807) is 13.3 Å². The van der Waals surface area contributed by atoms with E-state index < -0.39 is 0 Å². The number of ether oxygens (including phenoxy) is 1. The first-order valence-electron chi connectivity index (χ1n) is 5.30. The van der Waals surface area contributed by atoms with Gasteiger partial charge in [-0.15, -0.1) is 11.6 Å². The van der Waals surface area contributed by atoms with E-state index in [1.165, 1.54) is 0 Å². The highest BCUT2D eigenvalue weighted by Gasteiger charge is 2.05. The van der Waals surface area contributed by atoms with Crippen LogP contribution in [0.2, 0.25) is 0 Å². The summed E-state index contributed by atoms with van der Waals surface area (Å²) in [6.07, 6.45) is 3.64. The van der Waals surface area contributed by atoms with Gasteiger partial charge in [0.05, 0.1) is 25.2 Å². The highest BCUT2D eigenvalue weighted by molar-refractivity contribution is 6.16. The van der Waals surface area contributed by atoms with E-state index in [4.69, 9.17) is 16.3 Å². The van der Waals surface area contributed by atoms with Gasteiger partial charge in [-0.05, 0) is 6.92 Å². The number of methoxy groups -OCH3 is 1. The number of hydrogen-bond donors (Lipinski definition) is 0. The van der Waals surface area contributed by atoms with Crippen LogP contribution in [0, 0.1) is 6.92 Å². The number of nitrogens with zero attached hydrogens (tertiary/aromatic N) is 3. The van der Waals surface area contributed by atoms with Crippen molar-refractivity contribution in [1.29, 1.82) is 0 Å². The van der Waals surface area contributed by atoms with Crippen molar-refractivity contribution in [2.45, 2.75) is 19.3 Å². The van der Waals surface area contributed by atoms with Gasteiger partial charge in [0.25, 0.3) is 0 Å². The van der Waals surface area contributed by atoms with Crippen LogP contribution in [-0.2, 0) is 12.4 Å². The van der Waals surface area contributed by atoms with Crippen LogP contribution in [0.25, 0.3) is 0 Å². The lowest BCUT2D eigenvalue weighted by atomic mass is 10.3. The molecule has 0 aliphatic carbocycles. The zero-order valence-corrected chi connectivity index (χ0v) is 10.6. The van der Waals surface area contributed by atoms with Gasteiger partial charge in [-0.25, -0.2) is 4.98 Å². The molecule has 90 valence electrons. The molecule has 2 aromatic heterocycles. The zero-order chi connectivity index (χ0) is 12.3. The molecule has 0 aromatic carbocycles. The van der Waals surface area contributed by atoms with Gasteiger partial charge in [0, 0.05) is 30.2 Å². The van der Waals surface area contributed by atoms with Gasteiger partial charge in [-0.3, -0.25) is 4.98 Å². The summed E-state index contributed by atoms with van der Waals surface area (Å²) in [7, 11) is 1.65. The van der Waals surface area contributed by atoms with Gasteiger partial charge < -0.3 is 9.30 Å². The lowest BCUT2D eigenvalue weighted by Gasteiger charge is -2.08. The molecule has 0 fully saturated rings. The second-order valence-electron chi connectivity index (χ2n) is 3.74. The molecule has 5 heteroatoms. The average Bonchev–Trinajstić information content (AvgIpc) is 2.75. The van der Waals surface area contributed by atoms with E-state index >= 15 is 0 Å². The van der Waals surface area contributed by atoms with Crippen molar-refractivity contribution in [1.82, 2.24) is 14.5 Å². The van der Waals surface area contributed by atoms with Crippen molar-refractivity contribution in [2.75, 3.05) is 7.11 Å². The predicted molar refractivity (Wildman–Crippen MR) is 66.4 cm³/mol. The quantitative estimate of drug-likeness (QED) is 0.784. The van der Waals surface area contributed by atoms with Gasteiger partial charge in [-0.2, -0.15) is 0 Å². The minimum absolute atomic E-state index is 0.399. The lowest BCUT2D eigenvalue weighted by Crippen LogP contribution is -2.05. The Labute approximate surface area is 105 Å². The van der Waals surface area contributed by atoms with Crippen molar-refractivity contribution >= 4 is 11.6 Å². The normalized spacial score (nSPS) is 10.5. The molecule has 0 aliphatic heterocycles. The molecule has 2 rings (SSSR count). The molecule has 0 saturated carbocycles. The Morgan fingerprint density at radius 1 is 1.41 bits per heavy atom. The lowest BCUT2D eigenvalue weighted by molar-refractivity contribution is 0.413. The third-order valence-corrected chi connectivity index (χ3v) is 2.71. The van der Waals surface area contributed by atoms with Gasteiger partial charge in [0.2, 0.25) is 0 Å². The van der Waals surface area contributed by atoms with E-state index in [2.05, 4.69) is 9.97 Å². The maximum Gasteiger partial charge on any atom is 0.123 e. The molecule has 2 aromatic rings. The Morgan fingerprint density at radius 2 is 2.24 bits per heavy atom. The maximum atomic E-state index is 5.80. The fraction of sp³-hybridized carbons (Fsp3) is 0.333. The molecular weight excluding hydrogens is 238 g/mol. The Morgan fingerprint density at radius 3 is 2.94 bits per heavy atom. The third kappa shape index (κ3) is 2.77. The summed E-state index contributed by atoms with van der Waals surface area (Å²) in [6.45, 7) is 2.60. The molecular formula is C12H14ClN3O. The van der Waals surface area contributed by atoms with Crippen LogP contribution in [0.4, 0.5) is 0 Å². The summed E-state index contributed by atoms with van der Waals surface area (Å²) < 4.78 is 7.20. The molecule has 0 spiro atoms. The number of alkyl halides is 1. The highest BCUT2D eigenvalue weighted by atomic mass is 35.5. The van der Waals surface area contributed by atoms with Crippen molar-refractivity contribution in [3.8, 4) is 5.75 Å². The third-order valence-electron chi connectivity index (χ3n) is 2.47. The average molecular weight is 252 g/mol. The number of pyridine rings is 1. The Kier molecular flexibility index (Phi) is 3.64. The Hall–Kier alpha value is -1.55. The minimum atomic E-state index is 0.399. The number of imidazole rings is 1. The van der Waals surface area contributed by atoms with Crippen molar-refractivity contribution in [2.24, 2.45) is 0 Å². The molecule has 0 N–H and O–H groups in total. The second kappa shape index (κ2) is 5.19. The van der Waals surface area contributed by atoms with Crippen LogP contribution in [0.5, 0.6) is 5.75 Å². The summed E-state index contributed by atoms with van der Waals surface area (Å²) >= 11 is 5.80. The summed E-state index contributed by atoms with van der Waals surface area (Å²) in [5, 5.41) is 0. The molecule has 4 nitrogen and oxygen atoms in total. The van der Waals surface area contributed by atoms with Crippen LogP contribution >= 0.6 is 11.6 Å². The largest absolute Gasteiger partial charge is 0.497 e. The molecule has 0 aliphatic rings. The molecule has 0 atom stereocenters. The number of rotatable bonds is 4. The standard InChI is InChI=1S/C12H14ClN3O/c1-9-5-11(17-2)6-10(15-9)8-16-4-3-14-12(16)7-13/h3-6H,7-8H2,1-2H3. The Bertz CT molecular complexity index is 510. The number of hydrogen-bond acceptors (Lipinski definition) is 3. The first-order valence-corrected chi connectivity index (χ1v) is 5.84. The summed E-state index contributed by atoms with van der Waals surface area (Å²) in [4.78, 5) is 8.63. The molecule has 0 unspecified atom stereocenters. The van der Waals surface area contributed by atoms with E-state index in [1.807, 2.05) is 29.8 Å². The van der Waals surface area contributed by atoms with Crippen molar-refractivity contribution in [3.63, 3.8) is 0 Å². The minimum Gasteiger partial charge on any atom is -0.497 e. The smallest absolute Gasteiger partial charge is 0.123 e. The first kappa shape index (κ1) is 11.9. The SMILES string of the molecule is COc1cc(C)nc(Cn2ccnc2CCl)c1. The number of aromatic nitrogens is 3. The molecule has 17 heavy (non-hydrogen) atoms. The summed E-state index contributed by atoms with van der Waals surface area (Å²) in [6, 6.07) is 3.82. The first-order chi connectivity index (χ1) is 8.22. The van der Waals surface area contributed by atoms with Gasteiger partial charge in [-0.1, -0.05) is 0 Å². The van der Waals surface area contributed by atoms with Gasteiger partial charge in [0.15, 0.2) is 0 Å². The fourth-order valence-corrected chi connectivity index (χ4v) is 1.91. The van der Waals surface area contributed by atoms with E-state index in [-0.39, 0.29) is 0 Å². The van der Waals surface area contributed by atoms with Crippen LogP contribution < -0.4 is 4.74 Å². The second-order valence-corrected chi connectivity index (χ2v) is 4.01. The molecule has 2 heterocycles. The maximum absolute atomic E-state index is 5.80. The molecule has 0 bridgehead atoms. The highest BCUT2D eigenvalue weighted by Crippen LogP contribution is 2.15. The van der Waals surface area contributed by atoms with E-state index in [0.29, 0.717) is 12.4 Å². The van der Waals surface area contributed by atoms with Crippen molar-refractivity contribution < 1.29 is 4.74 Å². The fourth-order valence-electron chi connectivity index (χ4n) is 1.69. The summed E-state index contributed by atoms with van der Waals surface area (Å²) in [5.41, 5.74) is 1.87. The molecule has 0 saturated heterocycles. The molecule has 0 radical (unpaired) electrons. The van der Waals surface area contributed by atoms with Gasteiger partial charge in [0.1, 0.15) is 11.6 Å². The Balaban J connectivity index is 2.26. The number of halogens is 1. The van der Waals surface area contributed by atoms with Crippen LogP contribution in [0.3, 0.4) is 0 Å². The van der Waals surface area contributed by atoms with Crippen LogP contribution in [-0.4, -0.2) is 21.6 Å². The van der Waals surface area contributed by atoms with Crippen LogP contribution in [0.15, 0.2) is 24.5 Å².